The molecule has 2 aromatic carbocycles. The number of halogens is 1. The van der Waals surface area contributed by atoms with Gasteiger partial charge in [0.05, 0.1) is 21.7 Å². The molecule has 0 bridgehead atoms. The van der Waals surface area contributed by atoms with Crippen LogP contribution in [0.15, 0.2) is 48.5 Å². The van der Waals surface area contributed by atoms with Gasteiger partial charge in [-0.25, -0.2) is 4.98 Å². The van der Waals surface area contributed by atoms with Crippen LogP contribution >= 0.6 is 22.9 Å². The molecule has 0 aliphatic rings. The summed E-state index contributed by atoms with van der Waals surface area (Å²) in [6.45, 7) is 0. The molecule has 3 aromatic rings. The van der Waals surface area contributed by atoms with E-state index in [0.29, 0.717) is 17.0 Å². The zero-order valence-corrected chi connectivity index (χ0v) is 11.5. The molecule has 0 saturated heterocycles. The first kappa shape index (κ1) is 12.3. The van der Waals surface area contributed by atoms with Crippen LogP contribution in [0.5, 0.6) is 0 Å². The van der Waals surface area contributed by atoms with Crippen LogP contribution in [0.1, 0.15) is 15.4 Å². The summed E-state index contributed by atoms with van der Waals surface area (Å²) in [7, 11) is 0. The normalized spacial score (nSPS) is 10.8. The van der Waals surface area contributed by atoms with Gasteiger partial charge in [0.15, 0.2) is 5.78 Å². The molecule has 0 atom stereocenters. The highest BCUT2D eigenvalue weighted by Crippen LogP contribution is 2.24. The maximum Gasteiger partial charge on any atom is 0.171 e. The highest BCUT2D eigenvalue weighted by molar-refractivity contribution is 7.18. The molecule has 0 aliphatic carbocycles. The smallest absolute Gasteiger partial charge is 0.171 e. The fourth-order valence-electron chi connectivity index (χ4n) is 1.92. The van der Waals surface area contributed by atoms with Crippen molar-refractivity contribution in [3.05, 3.63) is 64.1 Å². The first-order valence-corrected chi connectivity index (χ1v) is 7.05. The number of hydrogen-bond acceptors (Lipinski definition) is 3. The van der Waals surface area contributed by atoms with Gasteiger partial charge in [0.2, 0.25) is 0 Å². The number of rotatable bonds is 3. The Hall–Kier alpha value is -1.71. The molecule has 0 fully saturated rings. The minimum Gasteiger partial charge on any atom is -0.294 e. The van der Waals surface area contributed by atoms with Gasteiger partial charge >= 0.3 is 0 Å². The molecule has 0 saturated carbocycles. The molecule has 0 aliphatic heterocycles. The number of carbonyl (C=O) groups excluding carboxylic acids is 1. The van der Waals surface area contributed by atoms with Gasteiger partial charge in [-0.3, -0.25) is 4.79 Å². The van der Waals surface area contributed by atoms with Crippen molar-refractivity contribution in [2.75, 3.05) is 0 Å². The highest BCUT2D eigenvalue weighted by Gasteiger charge is 2.13. The summed E-state index contributed by atoms with van der Waals surface area (Å²) in [6, 6.07) is 15.0. The van der Waals surface area contributed by atoms with E-state index in [2.05, 4.69) is 4.98 Å². The summed E-state index contributed by atoms with van der Waals surface area (Å²) in [5, 5.41) is 1.32. The number of ketones is 1. The number of carbonyl (C=O) groups is 1. The van der Waals surface area contributed by atoms with Crippen molar-refractivity contribution in [1.29, 1.82) is 0 Å². The van der Waals surface area contributed by atoms with Gasteiger partial charge in [-0.05, 0) is 24.3 Å². The van der Waals surface area contributed by atoms with E-state index in [0.717, 1.165) is 15.2 Å². The molecular weight excluding hydrogens is 278 g/mol. The quantitative estimate of drug-likeness (QED) is 0.669. The average Bonchev–Trinajstić information content (AvgIpc) is 2.81. The maximum absolute atomic E-state index is 12.2. The SMILES string of the molecule is O=C(Cc1nc2ccccc2s1)c1ccccc1Cl. The fourth-order valence-corrected chi connectivity index (χ4v) is 3.12. The Morgan fingerprint density at radius 1 is 1.11 bits per heavy atom. The van der Waals surface area contributed by atoms with Gasteiger partial charge in [-0.15, -0.1) is 11.3 Å². The fraction of sp³-hybridized carbons (Fsp3) is 0.0667. The van der Waals surface area contributed by atoms with E-state index in [1.807, 2.05) is 36.4 Å². The van der Waals surface area contributed by atoms with Gasteiger partial charge in [-0.1, -0.05) is 35.9 Å². The van der Waals surface area contributed by atoms with Crippen LogP contribution in [0.2, 0.25) is 5.02 Å². The molecule has 4 heteroatoms. The van der Waals surface area contributed by atoms with Crippen molar-refractivity contribution in [2.45, 2.75) is 6.42 Å². The second-order valence-electron chi connectivity index (χ2n) is 4.16. The zero-order chi connectivity index (χ0) is 13.2. The third-order valence-corrected chi connectivity index (χ3v) is 4.19. The summed E-state index contributed by atoms with van der Waals surface area (Å²) < 4.78 is 1.10. The summed E-state index contributed by atoms with van der Waals surface area (Å²) >= 11 is 7.58. The lowest BCUT2D eigenvalue weighted by Gasteiger charge is -2.00. The van der Waals surface area contributed by atoms with E-state index < -0.39 is 0 Å². The molecule has 1 aromatic heterocycles. The van der Waals surface area contributed by atoms with Gasteiger partial charge in [-0.2, -0.15) is 0 Å². The molecule has 3 rings (SSSR count). The molecule has 0 unspecified atom stereocenters. The molecule has 0 radical (unpaired) electrons. The van der Waals surface area contributed by atoms with Crippen LogP contribution in [0, 0.1) is 0 Å². The number of para-hydroxylation sites is 1. The van der Waals surface area contributed by atoms with E-state index >= 15 is 0 Å². The Morgan fingerprint density at radius 2 is 1.84 bits per heavy atom. The number of thiazole rings is 1. The van der Waals surface area contributed by atoms with Crippen molar-refractivity contribution >= 4 is 38.9 Å². The number of fused-ring (bicyclic) bond motifs is 1. The predicted octanol–water partition coefficient (Wildman–Crippen LogP) is 4.38. The Labute approximate surface area is 119 Å². The van der Waals surface area contributed by atoms with Crippen LogP contribution in [0.25, 0.3) is 10.2 Å². The first-order valence-electron chi connectivity index (χ1n) is 5.86. The number of Topliss-reactive ketones (excluding diaryl/α,β-unsaturated/α-hetero) is 1. The zero-order valence-electron chi connectivity index (χ0n) is 9.97. The predicted molar refractivity (Wildman–Crippen MR) is 79.1 cm³/mol. The maximum atomic E-state index is 12.2. The lowest BCUT2D eigenvalue weighted by molar-refractivity contribution is 0.0993. The van der Waals surface area contributed by atoms with Gasteiger partial charge in [0.1, 0.15) is 5.01 Å². The van der Waals surface area contributed by atoms with Crippen LogP contribution < -0.4 is 0 Å². The van der Waals surface area contributed by atoms with Crippen molar-refractivity contribution in [1.82, 2.24) is 4.98 Å². The molecular formula is C15H10ClNOS. The minimum atomic E-state index is 0.00431. The molecule has 19 heavy (non-hydrogen) atoms. The van der Waals surface area contributed by atoms with Crippen molar-refractivity contribution in [2.24, 2.45) is 0 Å². The van der Waals surface area contributed by atoms with E-state index in [4.69, 9.17) is 11.6 Å². The summed E-state index contributed by atoms with van der Waals surface area (Å²) in [6.07, 6.45) is 0.295. The lowest BCUT2D eigenvalue weighted by atomic mass is 10.1. The van der Waals surface area contributed by atoms with Crippen LogP contribution in [0.4, 0.5) is 0 Å². The van der Waals surface area contributed by atoms with Gasteiger partial charge in [0.25, 0.3) is 0 Å². The number of nitrogens with zero attached hydrogens (tertiary/aromatic N) is 1. The van der Waals surface area contributed by atoms with Crippen LogP contribution in [-0.4, -0.2) is 10.8 Å². The third-order valence-electron chi connectivity index (χ3n) is 2.82. The summed E-state index contributed by atoms with van der Waals surface area (Å²) in [5.74, 6) is 0.00431. The molecule has 1 heterocycles. The minimum absolute atomic E-state index is 0.00431. The topological polar surface area (TPSA) is 30.0 Å². The van der Waals surface area contributed by atoms with Crippen molar-refractivity contribution in [3.8, 4) is 0 Å². The Kier molecular flexibility index (Phi) is 3.32. The average molecular weight is 288 g/mol. The number of hydrogen-bond donors (Lipinski definition) is 0. The Bertz CT molecular complexity index is 717. The lowest BCUT2D eigenvalue weighted by Crippen LogP contribution is -2.03. The van der Waals surface area contributed by atoms with Crippen molar-refractivity contribution < 1.29 is 4.79 Å². The summed E-state index contributed by atoms with van der Waals surface area (Å²) in [5.41, 5.74) is 1.50. The second kappa shape index (κ2) is 5.11. The Morgan fingerprint density at radius 3 is 2.63 bits per heavy atom. The largest absolute Gasteiger partial charge is 0.294 e. The standard InChI is InChI=1S/C15H10ClNOS/c16-11-6-2-1-5-10(11)13(18)9-15-17-12-7-3-4-8-14(12)19-15/h1-8H,9H2. The van der Waals surface area contributed by atoms with Gasteiger partial charge in [0, 0.05) is 5.56 Å². The number of benzene rings is 2. The van der Waals surface area contributed by atoms with Crippen LogP contribution in [0.3, 0.4) is 0 Å². The Balaban J connectivity index is 1.89. The monoisotopic (exact) mass is 287 g/mol. The summed E-state index contributed by atoms with van der Waals surface area (Å²) in [4.78, 5) is 16.7. The second-order valence-corrected chi connectivity index (χ2v) is 5.68. The van der Waals surface area contributed by atoms with E-state index in [1.165, 1.54) is 0 Å². The molecule has 94 valence electrons. The van der Waals surface area contributed by atoms with E-state index in [9.17, 15) is 4.79 Å². The highest BCUT2D eigenvalue weighted by atomic mass is 35.5. The molecule has 0 N–H and O–H groups in total. The van der Waals surface area contributed by atoms with Gasteiger partial charge < -0.3 is 0 Å². The molecule has 2 nitrogen and oxygen atoms in total. The van der Waals surface area contributed by atoms with E-state index in [-0.39, 0.29) is 5.78 Å². The third kappa shape index (κ3) is 2.53. The van der Waals surface area contributed by atoms with Crippen molar-refractivity contribution in [3.63, 3.8) is 0 Å². The molecule has 0 spiro atoms. The van der Waals surface area contributed by atoms with E-state index in [1.54, 1.807) is 23.5 Å². The van der Waals surface area contributed by atoms with Crippen LogP contribution in [-0.2, 0) is 6.42 Å². The molecule has 0 amide bonds. The first-order chi connectivity index (χ1) is 9.24. The number of aromatic nitrogens is 1.